The molecule has 0 aliphatic rings. The standard InChI is InChI=1S/C13H17N3/c1-10-5-3-4-6-13(10)16-9-15-8-12(16)7-11(2)14/h3-6,8-9,11H,7,14H2,1-2H3. The van der Waals surface area contributed by atoms with Crippen LogP contribution in [0, 0.1) is 6.92 Å². The highest BCUT2D eigenvalue weighted by molar-refractivity contribution is 5.41. The number of rotatable bonds is 3. The SMILES string of the molecule is Cc1ccccc1-n1cncc1CC(C)N. The van der Waals surface area contributed by atoms with E-state index in [2.05, 4.69) is 28.6 Å². The maximum absolute atomic E-state index is 5.83. The molecule has 1 aromatic heterocycles. The van der Waals surface area contributed by atoms with Gasteiger partial charge in [-0.1, -0.05) is 18.2 Å². The zero-order chi connectivity index (χ0) is 11.5. The average molecular weight is 215 g/mol. The first-order valence-electron chi connectivity index (χ1n) is 5.51. The predicted molar refractivity (Wildman–Crippen MR) is 65.7 cm³/mol. The highest BCUT2D eigenvalue weighted by atomic mass is 15.1. The smallest absolute Gasteiger partial charge is 0.0994 e. The van der Waals surface area contributed by atoms with Crippen molar-refractivity contribution in [1.82, 2.24) is 9.55 Å². The monoisotopic (exact) mass is 215 g/mol. The van der Waals surface area contributed by atoms with E-state index in [4.69, 9.17) is 5.73 Å². The Bertz CT molecular complexity index is 472. The van der Waals surface area contributed by atoms with E-state index in [1.54, 1.807) is 0 Å². The number of hydrogen-bond donors (Lipinski definition) is 1. The molecule has 0 aliphatic heterocycles. The van der Waals surface area contributed by atoms with Crippen molar-refractivity contribution in [3.05, 3.63) is 48.0 Å². The fraction of sp³-hybridized carbons (Fsp3) is 0.308. The van der Waals surface area contributed by atoms with Gasteiger partial charge < -0.3 is 10.3 Å². The minimum absolute atomic E-state index is 0.152. The molecule has 0 saturated heterocycles. The van der Waals surface area contributed by atoms with Gasteiger partial charge in [0, 0.05) is 30.0 Å². The Morgan fingerprint density at radius 2 is 2.12 bits per heavy atom. The molecule has 3 heteroatoms. The Balaban J connectivity index is 2.41. The minimum Gasteiger partial charge on any atom is -0.328 e. The third kappa shape index (κ3) is 2.14. The Labute approximate surface area is 95.9 Å². The molecule has 84 valence electrons. The van der Waals surface area contributed by atoms with E-state index < -0.39 is 0 Å². The molecular weight excluding hydrogens is 198 g/mol. The molecule has 0 spiro atoms. The van der Waals surface area contributed by atoms with Crippen LogP contribution in [0.4, 0.5) is 0 Å². The van der Waals surface area contributed by atoms with Crippen molar-refractivity contribution in [2.24, 2.45) is 5.73 Å². The number of aryl methyl sites for hydroxylation is 1. The fourth-order valence-corrected chi connectivity index (χ4v) is 1.85. The maximum Gasteiger partial charge on any atom is 0.0994 e. The molecule has 16 heavy (non-hydrogen) atoms. The molecule has 2 N–H and O–H groups in total. The lowest BCUT2D eigenvalue weighted by molar-refractivity contribution is 0.709. The summed E-state index contributed by atoms with van der Waals surface area (Å²) in [6.45, 7) is 4.11. The summed E-state index contributed by atoms with van der Waals surface area (Å²) in [4.78, 5) is 4.20. The summed E-state index contributed by atoms with van der Waals surface area (Å²) >= 11 is 0. The Morgan fingerprint density at radius 3 is 2.81 bits per heavy atom. The van der Waals surface area contributed by atoms with Gasteiger partial charge in [-0.15, -0.1) is 0 Å². The molecule has 1 heterocycles. The van der Waals surface area contributed by atoms with Crippen molar-refractivity contribution in [1.29, 1.82) is 0 Å². The second-order valence-corrected chi connectivity index (χ2v) is 4.22. The first kappa shape index (κ1) is 10.9. The molecule has 0 radical (unpaired) electrons. The second kappa shape index (κ2) is 4.49. The lowest BCUT2D eigenvalue weighted by Crippen LogP contribution is -2.19. The third-order valence-corrected chi connectivity index (χ3v) is 2.62. The van der Waals surface area contributed by atoms with Gasteiger partial charge in [0.15, 0.2) is 0 Å². The van der Waals surface area contributed by atoms with Gasteiger partial charge in [-0.3, -0.25) is 0 Å². The highest BCUT2D eigenvalue weighted by Gasteiger charge is 2.07. The molecule has 1 unspecified atom stereocenters. The Hall–Kier alpha value is -1.61. The quantitative estimate of drug-likeness (QED) is 0.851. The number of benzene rings is 1. The van der Waals surface area contributed by atoms with Gasteiger partial charge in [0.2, 0.25) is 0 Å². The van der Waals surface area contributed by atoms with Crippen molar-refractivity contribution >= 4 is 0 Å². The molecule has 3 nitrogen and oxygen atoms in total. The van der Waals surface area contributed by atoms with Crippen LogP contribution in [0.25, 0.3) is 5.69 Å². The summed E-state index contributed by atoms with van der Waals surface area (Å²) in [6.07, 6.45) is 4.57. The summed E-state index contributed by atoms with van der Waals surface area (Å²) in [5.74, 6) is 0. The van der Waals surface area contributed by atoms with E-state index in [9.17, 15) is 0 Å². The molecule has 0 amide bonds. The number of nitrogens with zero attached hydrogens (tertiary/aromatic N) is 2. The molecule has 0 aliphatic carbocycles. The topological polar surface area (TPSA) is 43.8 Å². The first-order valence-corrected chi connectivity index (χ1v) is 5.51. The van der Waals surface area contributed by atoms with E-state index in [0.29, 0.717) is 0 Å². The van der Waals surface area contributed by atoms with Crippen molar-refractivity contribution in [2.45, 2.75) is 26.3 Å². The number of imidazole rings is 1. The third-order valence-electron chi connectivity index (χ3n) is 2.62. The maximum atomic E-state index is 5.83. The van der Waals surface area contributed by atoms with E-state index in [1.807, 2.05) is 31.6 Å². The van der Waals surface area contributed by atoms with Crippen LogP contribution >= 0.6 is 0 Å². The fourth-order valence-electron chi connectivity index (χ4n) is 1.85. The van der Waals surface area contributed by atoms with Crippen LogP contribution in [0.1, 0.15) is 18.2 Å². The van der Waals surface area contributed by atoms with Crippen molar-refractivity contribution < 1.29 is 0 Å². The van der Waals surface area contributed by atoms with Crippen LogP contribution in [-0.4, -0.2) is 15.6 Å². The highest BCUT2D eigenvalue weighted by Crippen LogP contribution is 2.16. The lowest BCUT2D eigenvalue weighted by Gasteiger charge is -2.12. The van der Waals surface area contributed by atoms with Crippen molar-refractivity contribution in [3.63, 3.8) is 0 Å². The van der Waals surface area contributed by atoms with Crippen LogP contribution in [0.2, 0.25) is 0 Å². The van der Waals surface area contributed by atoms with E-state index in [1.165, 1.54) is 11.3 Å². The zero-order valence-electron chi connectivity index (χ0n) is 9.72. The minimum atomic E-state index is 0.152. The van der Waals surface area contributed by atoms with Crippen LogP contribution in [0.3, 0.4) is 0 Å². The molecule has 1 atom stereocenters. The number of aromatic nitrogens is 2. The van der Waals surface area contributed by atoms with Gasteiger partial charge in [0.25, 0.3) is 0 Å². The molecule has 2 aromatic rings. The summed E-state index contributed by atoms with van der Waals surface area (Å²) in [6, 6.07) is 8.44. The zero-order valence-corrected chi connectivity index (χ0v) is 9.72. The molecule has 0 saturated carbocycles. The van der Waals surface area contributed by atoms with Crippen LogP contribution in [0.15, 0.2) is 36.8 Å². The Kier molecular flexibility index (Phi) is 3.06. The van der Waals surface area contributed by atoms with E-state index in [0.717, 1.165) is 12.1 Å². The summed E-state index contributed by atoms with van der Waals surface area (Å²) in [5, 5.41) is 0. The largest absolute Gasteiger partial charge is 0.328 e. The van der Waals surface area contributed by atoms with Crippen molar-refractivity contribution in [2.75, 3.05) is 0 Å². The van der Waals surface area contributed by atoms with Gasteiger partial charge in [-0.05, 0) is 25.5 Å². The lowest BCUT2D eigenvalue weighted by atomic mass is 10.1. The average Bonchev–Trinajstić information content (AvgIpc) is 2.66. The van der Waals surface area contributed by atoms with Gasteiger partial charge in [-0.2, -0.15) is 0 Å². The van der Waals surface area contributed by atoms with Crippen LogP contribution in [0.5, 0.6) is 0 Å². The summed E-state index contributed by atoms with van der Waals surface area (Å²) < 4.78 is 2.11. The summed E-state index contributed by atoms with van der Waals surface area (Å²) in [7, 11) is 0. The molecule has 0 bridgehead atoms. The molecule has 0 fully saturated rings. The summed E-state index contributed by atoms with van der Waals surface area (Å²) in [5.41, 5.74) is 9.40. The van der Waals surface area contributed by atoms with Crippen LogP contribution in [-0.2, 0) is 6.42 Å². The van der Waals surface area contributed by atoms with Crippen molar-refractivity contribution in [3.8, 4) is 5.69 Å². The van der Waals surface area contributed by atoms with Gasteiger partial charge >= 0.3 is 0 Å². The number of para-hydroxylation sites is 1. The number of hydrogen-bond acceptors (Lipinski definition) is 2. The predicted octanol–water partition coefficient (Wildman–Crippen LogP) is 2.07. The Morgan fingerprint density at radius 1 is 1.38 bits per heavy atom. The second-order valence-electron chi connectivity index (χ2n) is 4.22. The van der Waals surface area contributed by atoms with Crippen LogP contribution < -0.4 is 5.73 Å². The first-order chi connectivity index (χ1) is 7.68. The van der Waals surface area contributed by atoms with E-state index in [-0.39, 0.29) is 6.04 Å². The van der Waals surface area contributed by atoms with Gasteiger partial charge in [0.1, 0.15) is 0 Å². The van der Waals surface area contributed by atoms with Gasteiger partial charge in [0.05, 0.1) is 6.33 Å². The molecule has 2 rings (SSSR count). The normalized spacial score (nSPS) is 12.7. The molecule has 1 aromatic carbocycles. The molecular formula is C13H17N3. The van der Waals surface area contributed by atoms with Gasteiger partial charge in [-0.25, -0.2) is 4.98 Å². The van der Waals surface area contributed by atoms with E-state index >= 15 is 0 Å². The number of nitrogens with two attached hydrogens (primary N) is 1.